The van der Waals surface area contributed by atoms with E-state index in [0.717, 1.165) is 37.6 Å². The third kappa shape index (κ3) is 3.26. The van der Waals surface area contributed by atoms with Gasteiger partial charge in [-0.25, -0.2) is 9.97 Å². The van der Waals surface area contributed by atoms with Gasteiger partial charge in [-0.1, -0.05) is 0 Å². The Morgan fingerprint density at radius 1 is 1.09 bits per heavy atom. The Labute approximate surface area is 191 Å². The van der Waals surface area contributed by atoms with Crippen LogP contribution in [0.2, 0.25) is 0 Å². The van der Waals surface area contributed by atoms with Gasteiger partial charge < -0.3 is 10.1 Å². The van der Waals surface area contributed by atoms with Gasteiger partial charge in [0, 0.05) is 33.8 Å². The second-order valence-corrected chi connectivity index (χ2v) is 8.70. The monoisotopic (exact) mass is 452 g/mol. The fourth-order valence-electron chi connectivity index (χ4n) is 3.86. The average molecular weight is 452 g/mol. The minimum Gasteiger partial charge on any atom is -0.506 e. The first-order valence-electron chi connectivity index (χ1n) is 10.2. The van der Waals surface area contributed by atoms with Crippen LogP contribution in [0.5, 0.6) is 5.75 Å². The van der Waals surface area contributed by atoms with E-state index in [-0.39, 0.29) is 11.5 Å². The predicted octanol–water partition coefficient (Wildman–Crippen LogP) is 5.20. The average Bonchev–Trinajstić information content (AvgIpc) is 3.55. The van der Waals surface area contributed by atoms with E-state index in [1.807, 2.05) is 36.4 Å². The first kappa shape index (κ1) is 19.3. The van der Waals surface area contributed by atoms with E-state index in [9.17, 15) is 9.90 Å². The van der Waals surface area contributed by atoms with E-state index in [0.29, 0.717) is 22.5 Å². The number of carbonyl (C=O) groups is 1. The van der Waals surface area contributed by atoms with Crippen molar-refractivity contribution in [2.75, 3.05) is 0 Å². The van der Waals surface area contributed by atoms with Crippen LogP contribution in [0, 0.1) is 0 Å². The number of Topliss-reactive ketones (excluding diaryl/α,β-unsaturated/α-hetero) is 1. The Bertz CT molecular complexity index is 1680. The van der Waals surface area contributed by atoms with Gasteiger partial charge in [0.2, 0.25) is 0 Å². The van der Waals surface area contributed by atoms with Gasteiger partial charge in [0.1, 0.15) is 22.6 Å². The molecule has 160 valence electrons. The number of nitrogens with zero attached hydrogens (tertiary/aromatic N) is 4. The molecule has 0 aliphatic carbocycles. The zero-order chi connectivity index (χ0) is 22.5. The van der Waals surface area contributed by atoms with Crippen LogP contribution in [0.4, 0.5) is 0 Å². The van der Waals surface area contributed by atoms with Gasteiger partial charge in [0.25, 0.3) is 0 Å². The molecule has 0 radical (unpaired) electrons. The fourth-order valence-corrected chi connectivity index (χ4v) is 4.80. The number of fused-ring (bicyclic) bond motifs is 2. The molecule has 0 aliphatic rings. The standard InChI is InChI=1S/C24H16N6O2S/c1-12(31)20-4-5-21(33-20)15-6-7-26-24-16(15)9-19(28-24)23-22-18(29-30-23)3-2-17(27-22)13-8-14(32)11-25-10-13/h2-11,32H,1H3,(H,26,28)(H,29,30). The third-order valence-corrected chi connectivity index (χ3v) is 6.65. The molecule has 0 fully saturated rings. The van der Waals surface area contributed by atoms with Crippen LogP contribution in [0.3, 0.4) is 0 Å². The van der Waals surface area contributed by atoms with Crippen LogP contribution in [0.15, 0.2) is 61.1 Å². The van der Waals surface area contributed by atoms with Gasteiger partial charge in [-0.3, -0.25) is 14.9 Å². The van der Waals surface area contributed by atoms with Crippen LogP contribution in [0.25, 0.3) is 55.2 Å². The van der Waals surface area contributed by atoms with Crippen molar-refractivity contribution in [3.05, 3.63) is 65.9 Å². The smallest absolute Gasteiger partial charge is 0.169 e. The number of carbonyl (C=O) groups excluding carboxylic acids is 1. The molecule has 0 unspecified atom stereocenters. The summed E-state index contributed by atoms with van der Waals surface area (Å²) in [5, 5.41) is 18.2. The van der Waals surface area contributed by atoms with E-state index < -0.39 is 0 Å². The Morgan fingerprint density at radius 3 is 2.82 bits per heavy atom. The molecule has 6 heterocycles. The Kier molecular flexibility index (Phi) is 4.30. The Morgan fingerprint density at radius 2 is 2.00 bits per heavy atom. The molecule has 3 N–H and O–H groups in total. The van der Waals surface area contributed by atoms with Crippen LogP contribution in [0.1, 0.15) is 16.6 Å². The van der Waals surface area contributed by atoms with Crippen molar-refractivity contribution in [1.29, 1.82) is 0 Å². The molecule has 0 saturated carbocycles. The molecule has 0 spiro atoms. The minimum absolute atomic E-state index is 0.0538. The summed E-state index contributed by atoms with van der Waals surface area (Å²) in [6.07, 6.45) is 4.79. The molecule has 6 aromatic heterocycles. The number of rotatable bonds is 4. The second kappa shape index (κ2) is 7.35. The zero-order valence-corrected chi connectivity index (χ0v) is 18.1. The van der Waals surface area contributed by atoms with Crippen LogP contribution >= 0.6 is 11.3 Å². The number of aromatic nitrogens is 6. The first-order valence-corrected chi connectivity index (χ1v) is 11.0. The maximum atomic E-state index is 11.7. The number of pyridine rings is 3. The van der Waals surface area contributed by atoms with Crippen LogP contribution in [-0.4, -0.2) is 41.0 Å². The van der Waals surface area contributed by atoms with Crippen molar-refractivity contribution in [3.63, 3.8) is 0 Å². The Balaban J connectivity index is 1.48. The summed E-state index contributed by atoms with van der Waals surface area (Å²) in [5.41, 5.74) is 6.04. The largest absolute Gasteiger partial charge is 0.506 e. The number of thiophene rings is 1. The molecule has 0 atom stereocenters. The van der Waals surface area contributed by atoms with Gasteiger partial charge in [0.05, 0.1) is 28.0 Å². The van der Waals surface area contributed by atoms with Crippen molar-refractivity contribution in [2.24, 2.45) is 0 Å². The van der Waals surface area contributed by atoms with Crippen molar-refractivity contribution in [1.82, 2.24) is 30.1 Å². The van der Waals surface area contributed by atoms with Crippen molar-refractivity contribution < 1.29 is 9.90 Å². The number of ketones is 1. The summed E-state index contributed by atoms with van der Waals surface area (Å²) in [7, 11) is 0. The normalized spacial score (nSPS) is 11.4. The van der Waals surface area contributed by atoms with Crippen molar-refractivity contribution in [3.8, 4) is 38.8 Å². The van der Waals surface area contributed by atoms with Gasteiger partial charge in [0.15, 0.2) is 5.78 Å². The Hall–Kier alpha value is -4.37. The van der Waals surface area contributed by atoms with Gasteiger partial charge in [-0.05, 0) is 49.4 Å². The first-order chi connectivity index (χ1) is 16.1. The minimum atomic E-state index is 0.0538. The molecule has 0 aromatic carbocycles. The third-order valence-electron chi connectivity index (χ3n) is 5.43. The van der Waals surface area contributed by atoms with E-state index >= 15 is 0 Å². The number of nitrogens with one attached hydrogen (secondary N) is 2. The summed E-state index contributed by atoms with van der Waals surface area (Å²) in [6.45, 7) is 1.57. The SMILES string of the molecule is CC(=O)c1ccc(-c2ccnc3[nH]c(-c4n[nH]c5ccc(-c6cncc(O)c6)nc45)cc23)s1. The maximum absolute atomic E-state index is 11.7. The fraction of sp³-hybridized carbons (Fsp3) is 0.0417. The summed E-state index contributed by atoms with van der Waals surface area (Å²) in [6, 6.07) is 13.1. The second-order valence-electron chi connectivity index (χ2n) is 7.62. The quantitative estimate of drug-likeness (QED) is 0.316. The highest BCUT2D eigenvalue weighted by Gasteiger charge is 2.17. The lowest BCUT2D eigenvalue weighted by Crippen LogP contribution is -1.87. The number of aromatic hydroxyl groups is 1. The molecule has 0 bridgehead atoms. The van der Waals surface area contributed by atoms with Gasteiger partial charge in [-0.15, -0.1) is 11.3 Å². The molecule has 8 nitrogen and oxygen atoms in total. The summed E-state index contributed by atoms with van der Waals surface area (Å²) in [4.78, 5) is 30.1. The van der Waals surface area contributed by atoms with E-state index in [1.54, 1.807) is 25.4 Å². The topological polar surface area (TPSA) is 120 Å². The number of hydrogen-bond acceptors (Lipinski definition) is 7. The molecule has 0 aliphatic heterocycles. The molecule has 6 aromatic rings. The lowest BCUT2D eigenvalue weighted by molar-refractivity contribution is 0.102. The van der Waals surface area contributed by atoms with E-state index in [1.165, 1.54) is 17.5 Å². The molecule has 33 heavy (non-hydrogen) atoms. The predicted molar refractivity (Wildman–Crippen MR) is 127 cm³/mol. The lowest BCUT2D eigenvalue weighted by Gasteiger charge is -2.01. The van der Waals surface area contributed by atoms with E-state index in [4.69, 9.17) is 4.98 Å². The van der Waals surface area contributed by atoms with Gasteiger partial charge >= 0.3 is 0 Å². The van der Waals surface area contributed by atoms with Gasteiger partial charge in [-0.2, -0.15) is 5.10 Å². The summed E-state index contributed by atoms with van der Waals surface area (Å²) >= 11 is 1.47. The molecule has 0 amide bonds. The number of aromatic amines is 2. The molecule has 9 heteroatoms. The van der Waals surface area contributed by atoms with Crippen molar-refractivity contribution in [2.45, 2.75) is 6.92 Å². The summed E-state index contributed by atoms with van der Waals surface area (Å²) < 4.78 is 0. The maximum Gasteiger partial charge on any atom is 0.169 e. The van der Waals surface area contributed by atoms with Crippen LogP contribution < -0.4 is 0 Å². The highest BCUT2D eigenvalue weighted by atomic mass is 32.1. The molecule has 0 saturated heterocycles. The molecular formula is C24H16N6O2S. The highest BCUT2D eigenvalue weighted by Crippen LogP contribution is 2.36. The highest BCUT2D eigenvalue weighted by molar-refractivity contribution is 7.17. The zero-order valence-electron chi connectivity index (χ0n) is 17.3. The van der Waals surface area contributed by atoms with Crippen molar-refractivity contribution >= 4 is 39.2 Å². The summed E-state index contributed by atoms with van der Waals surface area (Å²) in [5.74, 6) is 0.135. The molecular weight excluding hydrogens is 436 g/mol. The number of H-pyrrole nitrogens is 2. The molecule has 6 rings (SSSR count). The van der Waals surface area contributed by atoms with Crippen LogP contribution in [-0.2, 0) is 0 Å². The van der Waals surface area contributed by atoms with E-state index in [2.05, 4.69) is 25.1 Å². The lowest BCUT2D eigenvalue weighted by atomic mass is 10.1. The number of hydrogen-bond donors (Lipinski definition) is 3.